The molecule has 0 saturated carbocycles. The van der Waals surface area contributed by atoms with Crippen molar-refractivity contribution in [1.82, 2.24) is 4.98 Å². The van der Waals surface area contributed by atoms with Gasteiger partial charge >= 0.3 is 5.97 Å². The first-order valence-electron chi connectivity index (χ1n) is 5.88. The van der Waals surface area contributed by atoms with Gasteiger partial charge in [-0.1, -0.05) is 37.3 Å². The van der Waals surface area contributed by atoms with E-state index in [0.29, 0.717) is 13.0 Å². The smallest absolute Gasteiger partial charge is 0.305 e. The largest absolute Gasteiger partial charge is 0.460 e. The van der Waals surface area contributed by atoms with Crippen LogP contribution in [0.25, 0.3) is 10.6 Å². The van der Waals surface area contributed by atoms with E-state index < -0.39 is 0 Å². The third-order valence-electron chi connectivity index (χ3n) is 2.57. The van der Waals surface area contributed by atoms with Gasteiger partial charge in [-0.2, -0.15) is 0 Å². The van der Waals surface area contributed by atoms with E-state index in [0.717, 1.165) is 21.1 Å². The van der Waals surface area contributed by atoms with Gasteiger partial charge in [0, 0.05) is 12.0 Å². The van der Waals surface area contributed by atoms with Gasteiger partial charge in [0.05, 0.1) is 10.6 Å². The fourth-order valence-corrected chi connectivity index (χ4v) is 2.50. The molecule has 4 heteroatoms. The number of thiazole rings is 1. The van der Waals surface area contributed by atoms with E-state index in [1.807, 2.05) is 37.3 Å². The van der Waals surface area contributed by atoms with Gasteiger partial charge in [0.2, 0.25) is 0 Å². The molecule has 0 amide bonds. The van der Waals surface area contributed by atoms with E-state index >= 15 is 0 Å². The molecule has 1 heterocycles. The Morgan fingerprint density at radius 3 is 2.72 bits per heavy atom. The molecule has 0 spiro atoms. The number of rotatable bonds is 4. The summed E-state index contributed by atoms with van der Waals surface area (Å²) in [6.45, 7) is 4.05. The van der Waals surface area contributed by atoms with Crippen LogP contribution in [0.2, 0.25) is 0 Å². The lowest BCUT2D eigenvalue weighted by molar-refractivity contribution is -0.144. The summed E-state index contributed by atoms with van der Waals surface area (Å²) in [5.74, 6) is -0.177. The van der Waals surface area contributed by atoms with Gasteiger partial charge in [0.25, 0.3) is 0 Å². The van der Waals surface area contributed by atoms with E-state index in [9.17, 15) is 4.79 Å². The molecule has 2 rings (SSSR count). The standard InChI is InChI=1S/C14H15NO2S/c1-3-13(16)17-9-12-10(2)15-14(18-12)11-7-5-4-6-8-11/h4-8H,3,9H2,1-2H3. The van der Waals surface area contributed by atoms with Crippen molar-refractivity contribution in [1.29, 1.82) is 0 Å². The predicted octanol–water partition coefficient (Wildman–Crippen LogP) is 3.57. The zero-order valence-electron chi connectivity index (χ0n) is 10.5. The average molecular weight is 261 g/mol. The van der Waals surface area contributed by atoms with Crippen molar-refractivity contribution in [3.05, 3.63) is 40.9 Å². The third kappa shape index (κ3) is 2.96. The lowest BCUT2D eigenvalue weighted by Crippen LogP contribution is -2.01. The minimum absolute atomic E-state index is 0.177. The maximum Gasteiger partial charge on any atom is 0.305 e. The van der Waals surface area contributed by atoms with Crippen molar-refractivity contribution in [2.75, 3.05) is 0 Å². The Bertz CT molecular complexity index is 534. The van der Waals surface area contributed by atoms with Gasteiger partial charge in [0.15, 0.2) is 0 Å². The van der Waals surface area contributed by atoms with Crippen molar-refractivity contribution < 1.29 is 9.53 Å². The number of ether oxygens (including phenoxy) is 1. The molecule has 0 aliphatic rings. The van der Waals surface area contributed by atoms with Crippen molar-refractivity contribution in [3.63, 3.8) is 0 Å². The molecule has 0 atom stereocenters. The number of hydrogen-bond acceptors (Lipinski definition) is 4. The van der Waals surface area contributed by atoms with Gasteiger partial charge in [-0.15, -0.1) is 11.3 Å². The lowest BCUT2D eigenvalue weighted by atomic mass is 10.2. The number of nitrogens with zero attached hydrogens (tertiary/aromatic N) is 1. The minimum Gasteiger partial charge on any atom is -0.460 e. The van der Waals surface area contributed by atoms with E-state index in [2.05, 4.69) is 4.98 Å². The highest BCUT2D eigenvalue weighted by molar-refractivity contribution is 7.15. The topological polar surface area (TPSA) is 39.2 Å². The number of aryl methyl sites for hydroxylation is 1. The van der Waals surface area contributed by atoms with Crippen LogP contribution in [0.1, 0.15) is 23.9 Å². The Morgan fingerprint density at radius 1 is 1.33 bits per heavy atom. The Kier molecular flexibility index (Phi) is 4.10. The Hall–Kier alpha value is -1.68. The molecule has 0 bridgehead atoms. The predicted molar refractivity (Wildman–Crippen MR) is 72.4 cm³/mol. The summed E-state index contributed by atoms with van der Waals surface area (Å²) in [5.41, 5.74) is 2.03. The molecule has 2 aromatic rings. The molecule has 0 fully saturated rings. The molecular weight excluding hydrogens is 246 g/mol. The monoisotopic (exact) mass is 261 g/mol. The highest BCUT2D eigenvalue weighted by Crippen LogP contribution is 2.28. The molecule has 18 heavy (non-hydrogen) atoms. The summed E-state index contributed by atoms with van der Waals surface area (Å²) in [4.78, 5) is 16.7. The van der Waals surface area contributed by atoms with Crippen LogP contribution < -0.4 is 0 Å². The van der Waals surface area contributed by atoms with E-state index in [1.54, 1.807) is 18.3 Å². The summed E-state index contributed by atoms with van der Waals surface area (Å²) < 4.78 is 5.14. The van der Waals surface area contributed by atoms with Crippen LogP contribution >= 0.6 is 11.3 Å². The molecule has 0 N–H and O–H groups in total. The molecule has 0 aliphatic carbocycles. The Balaban J connectivity index is 2.15. The van der Waals surface area contributed by atoms with Gasteiger partial charge < -0.3 is 4.74 Å². The van der Waals surface area contributed by atoms with Crippen LogP contribution in [0, 0.1) is 6.92 Å². The first-order valence-corrected chi connectivity index (χ1v) is 6.69. The normalized spacial score (nSPS) is 10.3. The first-order chi connectivity index (χ1) is 8.70. The zero-order valence-corrected chi connectivity index (χ0v) is 11.3. The molecular formula is C14H15NO2S. The van der Waals surface area contributed by atoms with Crippen LogP contribution in [-0.2, 0) is 16.1 Å². The Labute approximate surface area is 110 Å². The van der Waals surface area contributed by atoms with Crippen molar-refractivity contribution >= 4 is 17.3 Å². The van der Waals surface area contributed by atoms with Gasteiger partial charge in [-0.3, -0.25) is 4.79 Å². The minimum atomic E-state index is -0.177. The molecule has 94 valence electrons. The van der Waals surface area contributed by atoms with Crippen molar-refractivity contribution in [2.24, 2.45) is 0 Å². The van der Waals surface area contributed by atoms with Crippen molar-refractivity contribution in [2.45, 2.75) is 26.9 Å². The quantitative estimate of drug-likeness (QED) is 0.790. The van der Waals surface area contributed by atoms with Crippen LogP contribution in [0.3, 0.4) is 0 Å². The maximum atomic E-state index is 11.1. The highest BCUT2D eigenvalue weighted by Gasteiger charge is 2.10. The number of esters is 1. The van der Waals surface area contributed by atoms with E-state index in [1.165, 1.54) is 0 Å². The van der Waals surface area contributed by atoms with Crippen LogP contribution in [0.5, 0.6) is 0 Å². The highest BCUT2D eigenvalue weighted by atomic mass is 32.1. The van der Waals surface area contributed by atoms with E-state index in [4.69, 9.17) is 4.74 Å². The summed E-state index contributed by atoms with van der Waals surface area (Å²) in [5, 5.41) is 0.968. The molecule has 1 aromatic heterocycles. The third-order valence-corrected chi connectivity index (χ3v) is 3.75. The first kappa shape index (κ1) is 12.8. The zero-order chi connectivity index (χ0) is 13.0. The number of aromatic nitrogens is 1. The maximum absolute atomic E-state index is 11.1. The lowest BCUT2D eigenvalue weighted by Gasteiger charge is -2.00. The number of benzene rings is 1. The molecule has 0 unspecified atom stereocenters. The van der Waals surface area contributed by atoms with Gasteiger partial charge in [-0.05, 0) is 6.92 Å². The number of carbonyl (C=O) groups is 1. The molecule has 1 aromatic carbocycles. The van der Waals surface area contributed by atoms with Crippen LogP contribution in [0.4, 0.5) is 0 Å². The molecule has 0 aliphatic heterocycles. The summed E-state index contributed by atoms with van der Waals surface area (Å²) in [6, 6.07) is 10.0. The number of carbonyl (C=O) groups excluding carboxylic acids is 1. The van der Waals surface area contributed by atoms with Crippen molar-refractivity contribution in [3.8, 4) is 10.6 Å². The second-order valence-corrected chi connectivity index (χ2v) is 4.99. The van der Waals surface area contributed by atoms with Gasteiger partial charge in [-0.25, -0.2) is 4.98 Å². The van der Waals surface area contributed by atoms with Crippen LogP contribution in [0.15, 0.2) is 30.3 Å². The second-order valence-electron chi connectivity index (χ2n) is 3.91. The fourth-order valence-electron chi connectivity index (χ4n) is 1.51. The SMILES string of the molecule is CCC(=O)OCc1sc(-c2ccccc2)nc1C. The Morgan fingerprint density at radius 2 is 2.06 bits per heavy atom. The summed E-state index contributed by atoms with van der Waals surface area (Å²) in [6.07, 6.45) is 0.406. The average Bonchev–Trinajstić information content (AvgIpc) is 2.78. The molecule has 0 saturated heterocycles. The second kappa shape index (κ2) is 5.78. The van der Waals surface area contributed by atoms with Gasteiger partial charge in [0.1, 0.15) is 11.6 Å². The fraction of sp³-hybridized carbons (Fsp3) is 0.286. The van der Waals surface area contributed by atoms with E-state index in [-0.39, 0.29) is 5.97 Å². The molecule has 0 radical (unpaired) electrons. The summed E-state index contributed by atoms with van der Waals surface area (Å²) in [7, 11) is 0. The molecule has 3 nitrogen and oxygen atoms in total. The number of hydrogen-bond donors (Lipinski definition) is 0. The van der Waals surface area contributed by atoms with Crippen LogP contribution in [-0.4, -0.2) is 11.0 Å². The summed E-state index contributed by atoms with van der Waals surface area (Å²) >= 11 is 1.58.